The summed E-state index contributed by atoms with van der Waals surface area (Å²) in [6, 6.07) is 13.9. The molecule has 0 atom stereocenters. The summed E-state index contributed by atoms with van der Waals surface area (Å²) in [5.74, 6) is -0.731. The molecule has 0 fully saturated rings. The van der Waals surface area contributed by atoms with E-state index >= 15 is 0 Å². The first-order valence-electron chi connectivity index (χ1n) is 5.85. The average molecular weight is 381 g/mol. The number of anilines is 1. The molecule has 5 heteroatoms. The van der Waals surface area contributed by atoms with Crippen molar-refractivity contribution in [3.05, 3.63) is 63.2 Å². The standard InChI is InChI=1S/C15H12INO3/c1-20-15(19)11-4-2-3-10(9-11)14(18)17-13-7-5-12(16)6-8-13/h2-9H,1H3,(H,17,18). The van der Waals surface area contributed by atoms with Crippen LogP contribution in [0.2, 0.25) is 0 Å². The van der Waals surface area contributed by atoms with Crippen LogP contribution < -0.4 is 5.32 Å². The Labute approximate surface area is 130 Å². The second-order valence-corrected chi connectivity index (χ2v) is 5.28. The lowest BCUT2D eigenvalue weighted by molar-refractivity contribution is 0.0600. The molecule has 4 nitrogen and oxygen atoms in total. The number of amides is 1. The molecule has 0 saturated carbocycles. The number of rotatable bonds is 3. The third-order valence-electron chi connectivity index (χ3n) is 2.65. The van der Waals surface area contributed by atoms with E-state index in [0.29, 0.717) is 16.8 Å². The molecule has 0 heterocycles. The molecule has 1 amide bonds. The molecule has 0 bridgehead atoms. The molecule has 0 aliphatic rings. The Morgan fingerprint density at radius 2 is 1.70 bits per heavy atom. The summed E-state index contributed by atoms with van der Waals surface area (Å²) in [4.78, 5) is 23.5. The molecule has 2 rings (SSSR count). The van der Waals surface area contributed by atoms with Gasteiger partial charge in [-0.05, 0) is 65.1 Å². The highest BCUT2D eigenvalue weighted by molar-refractivity contribution is 14.1. The molecule has 0 unspecified atom stereocenters. The van der Waals surface area contributed by atoms with Gasteiger partial charge in [0, 0.05) is 14.8 Å². The Balaban J connectivity index is 2.17. The van der Waals surface area contributed by atoms with E-state index in [9.17, 15) is 9.59 Å². The van der Waals surface area contributed by atoms with Crippen molar-refractivity contribution in [2.45, 2.75) is 0 Å². The minimum Gasteiger partial charge on any atom is -0.465 e. The number of carbonyl (C=O) groups is 2. The Kier molecular flexibility index (Phi) is 4.73. The van der Waals surface area contributed by atoms with Crippen LogP contribution in [-0.2, 0) is 4.74 Å². The fraction of sp³-hybridized carbons (Fsp3) is 0.0667. The van der Waals surface area contributed by atoms with Gasteiger partial charge in [0.2, 0.25) is 0 Å². The molecule has 0 aliphatic heterocycles. The summed E-state index contributed by atoms with van der Waals surface area (Å²) in [5.41, 5.74) is 1.47. The van der Waals surface area contributed by atoms with Crippen molar-refractivity contribution in [3.8, 4) is 0 Å². The Morgan fingerprint density at radius 1 is 1.05 bits per heavy atom. The SMILES string of the molecule is COC(=O)c1cccc(C(=O)Nc2ccc(I)cc2)c1. The zero-order valence-corrected chi connectivity index (χ0v) is 12.9. The van der Waals surface area contributed by atoms with Crippen LogP contribution in [0.1, 0.15) is 20.7 Å². The van der Waals surface area contributed by atoms with E-state index < -0.39 is 5.97 Å². The molecule has 0 spiro atoms. The van der Waals surface area contributed by atoms with Crippen LogP contribution in [0.25, 0.3) is 0 Å². The van der Waals surface area contributed by atoms with Gasteiger partial charge < -0.3 is 10.1 Å². The lowest BCUT2D eigenvalue weighted by Crippen LogP contribution is -2.13. The summed E-state index contributed by atoms with van der Waals surface area (Å²) in [6.07, 6.45) is 0. The first-order valence-corrected chi connectivity index (χ1v) is 6.93. The van der Waals surface area contributed by atoms with Gasteiger partial charge in [-0.25, -0.2) is 4.79 Å². The number of hydrogen-bond donors (Lipinski definition) is 1. The minimum absolute atomic E-state index is 0.267. The van der Waals surface area contributed by atoms with Crippen molar-refractivity contribution in [2.75, 3.05) is 12.4 Å². The number of carbonyl (C=O) groups excluding carboxylic acids is 2. The predicted molar refractivity (Wildman–Crippen MR) is 84.9 cm³/mol. The van der Waals surface area contributed by atoms with E-state index in [1.54, 1.807) is 18.2 Å². The molecule has 1 N–H and O–H groups in total. The predicted octanol–water partition coefficient (Wildman–Crippen LogP) is 3.33. The summed E-state index contributed by atoms with van der Waals surface area (Å²) in [7, 11) is 1.31. The van der Waals surface area contributed by atoms with Crippen LogP contribution in [-0.4, -0.2) is 19.0 Å². The van der Waals surface area contributed by atoms with Crippen LogP contribution in [0, 0.1) is 3.57 Å². The van der Waals surface area contributed by atoms with E-state index in [-0.39, 0.29) is 5.91 Å². The molecule has 0 aliphatic carbocycles. The van der Waals surface area contributed by atoms with E-state index in [1.807, 2.05) is 24.3 Å². The van der Waals surface area contributed by atoms with Crippen LogP contribution in [0.4, 0.5) is 5.69 Å². The van der Waals surface area contributed by atoms with E-state index in [1.165, 1.54) is 13.2 Å². The molecule has 0 aromatic heterocycles. The van der Waals surface area contributed by atoms with Crippen LogP contribution in [0.3, 0.4) is 0 Å². The topological polar surface area (TPSA) is 55.4 Å². The fourth-order valence-corrected chi connectivity index (χ4v) is 2.00. The van der Waals surface area contributed by atoms with Gasteiger partial charge in [0.15, 0.2) is 0 Å². The molecule has 0 saturated heterocycles. The van der Waals surface area contributed by atoms with Gasteiger partial charge in [0.1, 0.15) is 0 Å². The molecule has 20 heavy (non-hydrogen) atoms. The van der Waals surface area contributed by atoms with E-state index in [2.05, 4.69) is 32.6 Å². The van der Waals surface area contributed by atoms with Gasteiger partial charge in [0.05, 0.1) is 12.7 Å². The summed E-state index contributed by atoms with van der Waals surface area (Å²) < 4.78 is 5.72. The van der Waals surface area contributed by atoms with Gasteiger partial charge in [0.25, 0.3) is 5.91 Å². The Hall–Kier alpha value is -1.89. The number of methoxy groups -OCH3 is 1. The Morgan fingerprint density at radius 3 is 2.35 bits per heavy atom. The highest BCUT2D eigenvalue weighted by Crippen LogP contribution is 2.13. The van der Waals surface area contributed by atoms with Gasteiger partial charge >= 0.3 is 5.97 Å². The maximum atomic E-state index is 12.1. The summed E-state index contributed by atoms with van der Waals surface area (Å²) >= 11 is 2.19. The maximum Gasteiger partial charge on any atom is 0.337 e. The normalized spacial score (nSPS) is 9.90. The van der Waals surface area contributed by atoms with Crippen molar-refractivity contribution >= 4 is 40.2 Å². The number of hydrogen-bond acceptors (Lipinski definition) is 3. The first-order chi connectivity index (χ1) is 9.60. The lowest BCUT2D eigenvalue weighted by atomic mass is 10.1. The van der Waals surface area contributed by atoms with Crippen molar-refractivity contribution in [1.29, 1.82) is 0 Å². The summed E-state index contributed by atoms with van der Waals surface area (Å²) in [6.45, 7) is 0. The molecular formula is C15H12INO3. The second-order valence-electron chi connectivity index (χ2n) is 4.03. The number of halogens is 1. The average Bonchev–Trinajstić information content (AvgIpc) is 2.49. The third-order valence-corrected chi connectivity index (χ3v) is 3.37. The molecule has 2 aromatic rings. The summed E-state index contributed by atoms with van der Waals surface area (Å²) in [5, 5.41) is 2.78. The Bertz CT molecular complexity index is 638. The zero-order chi connectivity index (χ0) is 14.5. The molecule has 102 valence electrons. The van der Waals surface area contributed by atoms with Gasteiger partial charge in [-0.2, -0.15) is 0 Å². The van der Waals surface area contributed by atoms with Crippen LogP contribution in [0.5, 0.6) is 0 Å². The highest BCUT2D eigenvalue weighted by atomic mass is 127. The number of esters is 1. The molecule has 2 aromatic carbocycles. The van der Waals surface area contributed by atoms with E-state index in [0.717, 1.165) is 3.57 Å². The number of nitrogens with one attached hydrogen (secondary N) is 1. The fourth-order valence-electron chi connectivity index (χ4n) is 1.64. The maximum absolute atomic E-state index is 12.1. The van der Waals surface area contributed by atoms with Gasteiger partial charge in [-0.1, -0.05) is 6.07 Å². The lowest BCUT2D eigenvalue weighted by Gasteiger charge is -2.06. The monoisotopic (exact) mass is 381 g/mol. The smallest absolute Gasteiger partial charge is 0.337 e. The first kappa shape index (κ1) is 14.5. The van der Waals surface area contributed by atoms with Crippen molar-refractivity contribution < 1.29 is 14.3 Å². The second kappa shape index (κ2) is 6.51. The number of ether oxygens (including phenoxy) is 1. The quantitative estimate of drug-likeness (QED) is 0.656. The van der Waals surface area contributed by atoms with Crippen molar-refractivity contribution in [3.63, 3.8) is 0 Å². The van der Waals surface area contributed by atoms with Crippen molar-refractivity contribution in [1.82, 2.24) is 0 Å². The van der Waals surface area contributed by atoms with Crippen molar-refractivity contribution in [2.24, 2.45) is 0 Å². The molecular weight excluding hydrogens is 369 g/mol. The minimum atomic E-state index is -0.464. The van der Waals surface area contributed by atoms with Gasteiger partial charge in [-0.15, -0.1) is 0 Å². The molecule has 0 radical (unpaired) electrons. The largest absolute Gasteiger partial charge is 0.465 e. The highest BCUT2D eigenvalue weighted by Gasteiger charge is 2.10. The zero-order valence-electron chi connectivity index (χ0n) is 10.7. The number of benzene rings is 2. The van der Waals surface area contributed by atoms with Crippen LogP contribution in [0.15, 0.2) is 48.5 Å². The third kappa shape index (κ3) is 3.57. The van der Waals surface area contributed by atoms with Crippen LogP contribution >= 0.6 is 22.6 Å². The van der Waals surface area contributed by atoms with Gasteiger partial charge in [-0.3, -0.25) is 4.79 Å². The van der Waals surface area contributed by atoms with E-state index in [4.69, 9.17) is 0 Å².